The fourth-order valence-corrected chi connectivity index (χ4v) is 4.66. The molecule has 2 heterocycles. The van der Waals surface area contributed by atoms with Crippen molar-refractivity contribution in [1.29, 1.82) is 0 Å². The SMILES string of the molecule is NCCNC(=O)C1CCCN(Cc2sc3ccccc3c2Cl)C1. The summed E-state index contributed by atoms with van der Waals surface area (Å²) in [6.45, 7) is 3.67. The second-order valence-electron chi connectivity index (χ2n) is 5.99. The van der Waals surface area contributed by atoms with Crippen molar-refractivity contribution in [2.45, 2.75) is 19.4 Å². The number of piperidine rings is 1. The quantitative estimate of drug-likeness (QED) is 0.870. The van der Waals surface area contributed by atoms with Gasteiger partial charge in [-0.25, -0.2) is 0 Å². The summed E-state index contributed by atoms with van der Waals surface area (Å²) in [6.07, 6.45) is 2.00. The summed E-state index contributed by atoms with van der Waals surface area (Å²) in [7, 11) is 0. The van der Waals surface area contributed by atoms with Crippen LogP contribution in [-0.2, 0) is 11.3 Å². The number of nitrogens with one attached hydrogen (secondary N) is 1. The Labute approximate surface area is 145 Å². The van der Waals surface area contributed by atoms with Crippen LogP contribution in [0.3, 0.4) is 0 Å². The zero-order chi connectivity index (χ0) is 16.2. The van der Waals surface area contributed by atoms with Crippen molar-refractivity contribution in [1.82, 2.24) is 10.2 Å². The summed E-state index contributed by atoms with van der Waals surface area (Å²) in [4.78, 5) is 15.7. The van der Waals surface area contributed by atoms with Gasteiger partial charge in [0.2, 0.25) is 5.91 Å². The minimum Gasteiger partial charge on any atom is -0.355 e. The number of rotatable bonds is 5. The number of thiophene rings is 1. The van der Waals surface area contributed by atoms with E-state index in [1.54, 1.807) is 11.3 Å². The van der Waals surface area contributed by atoms with Gasteiger partial charge in [-0.1, -0.05) is 29.8 Å². The molecule has 0 radical (unpaired) electrons. The molecule has 1 unspecified atom stereocenters. The standard InChI is InChI=1S/C17H22ClN3OS/c18-16-13-5-1-2-6-14(13)23-15(16)11-21-9-3-4-12(10-21)17(22)20-8-7-19/h1-2,5-6,12H,3-4,7-11,19H2,(H,20,22). The molecule has 124 valence electrons. The van der Waals surface area contributed by atoms with Crippen LogP contribution < -0.4 is 11.1 Å². The third kappa shape index (κ3) is 3.86. The molecule has 1 fully saturated rings. The van der Waals surface area contributed by atoms with Gasteiger partial charge in [-0.2, -0.15) is 0 Å². The van der Waals surface area contributed by atoms with Gasteiger partial charge in [0.25, 0.3) is 0 Å². The number of halogens is 1. The molecule has 3 rings (SSSR count). The zero-order valence-electron chi connectivity index (χ0n) is 13.1. The summed E-state index contributed by atoms with van der Waals surface area (Å²) in [6, 6.07) is 8.23. The summed E-state index contributed by atoms with van der Waals surface area (Å²) >= 11 is 8.28. The Morgan fingerprint density at radius 2 is 2.26 bits per heavy atom. The second kappa shape index (κ2) is 7.62. The maximum atomic E-state index is 12.1. The van der Waals surface area contributed by atoms with E-state index >= 15 is 0 Å². The molecule has 1 saturated heterocycles. The third-order valence-corrected chi connectivity index (χ3v) is 5.99. The molecule has 2 aromatic rings. The molecule has 1 aliphatic heterocycles. The maximum absolute atomic E-state index is 12.1. The smallest absolute Gasteiger partial charge is 0.224 e. The number of carbonyl (C=O) groups is 1. The van der Waals surface area contributed by atoms with Crippen molar-refractivity contribution in [3.05, 3.63) is 34.2 Å². The highest BCUT2D eigenvalue weighted by Gasteiger charge is 2.26. The molecular formula is C17H22ClN3OS. The second-order valence-corrected chi connectivity index (χ2v) is 7.50. The zero-order valence-corrected chi connectivity index (χ0v) is 14.6. The van der Waals surface area contributed by atoms with E-state index in [0.717, 1.165) is 42.9 Å². The third-order valence-electron chi connectivity index (χ3n) is 4.29. The number of hydrogen-bond acceptors (Lipinski definition) is 4. The van der Waals surface area contributed by atoms with E-state index in [4.69, 9.17) is 17.3 Å². The number of nitrogens with two attached hydrogens (primary N) is 1. The highest BCUT2D eigenvalue weighted by molar-refractivity contribution is 7.19. The van der Waals surface area contributed by atoms with Crippen molar-refractivity contribution in [3.8, 4) is 0 Å². The molecule has 4 nitrogen and oxygen atoms in total. The highest BCUT2D eigenvalue weighted by Crippen LogP contribution is 2.36. The van der Waals surface area contributed by atoms with Crippen LogP contribution in [-0.4, -0.2) is 37.0 Å². The van der Waals surface area contributed by atoms with Gasteiger partial charge in [-0.15, -0.1) is 11.3 Å². The van der Waals surface area contributed by atoms with Gasteiger partial charge in [-0.3, -0.25) is 9.69 Å². The topological polar surface area (TPSA) is 58.4 Å². The van der Waals surface area contributed by atoms with E-state index in [2.05, 4.69) is 22.3 Å². The lowest BCUT2D eigenvalue weighted by Gasteiger charge is -2.31. The van der Waals surface area contributed by atoms with Gasteiger partial charge in [0.15, 0.2) is 0 Å². The molecule has 0 spiro atoms. The van der Waals surface area contributed by atoms with Crippen LogP contribution in [0, 0.1) is 5.92 Å². The van der Waals surface area contributed by atoms with Crippen LogP contribution in [0.25, 0.3) is 10.1 Å². The van der Waals surface area contributed by atoms with E-state index in [-0.39, 0.29) is 11.8 Å². The van der Waals surface area contributed by atoms with Gasteiger partial charge in [0.1, 0.15) is 0 Å². The van der Waals surface area contributed by atoms with E-state index in [9.17, 15) is 4.79 Å². The summed E-state index contributed by atoms with van der Waals surface area (Å²) < 4.78 is 1.22. The predicted octanol–water partition coefficient (Wildman–Crippen LogP) is 2.84. The molecule has 1 atom stereocenters. The molecule has 0 saturated carbocycles. The predicted molar refractivity (Wildman–Crippen MR) is 96.9 cm³/mol. The molecule has 3 N–H and O–H groups in total. The fourth-order valence-electron chi connectivity index (χ4n) is 3.12. The summed E-state index contributed by atoms with van der Waals surface area (Å²) in [5.74, 6) is 0.186. The van der Waals surface area contributed by atoms with Crippen LogP contribution >= 0.6 is 22.9 Å². The van der Waals surface area contributed by atoms with Crippen LogP contribution in [0.4, 0.5) is 0 Å². The highest BCUT2D eigenvalue weighted by atomic mass is 35.5. The molecule has 1 aliphatic rings. The molecule has 6 heteroatoms. The average Bonchev–Trinajstić information content (AvgIpc) is 2.89. The number of likely N-dealkylation sites (tertiary alicyclic amines) is 1. The first kappa shape index (κ1) is 16.7. The van der Waals surface area contributed by atoms with E-state index < -0.39 is 0 Å². The van der Waals surface area contributed by atoms with Crippen molar-refractivity contribution in [3.63, 3.8) is 0 Å². The van der Waals surface area contributed by atoms with E-state index in [1.165, 1.54) is 9.58 Å². The number of fused-ring (bicyclic) bond motifs is 1. The number of nitrogens with zero attached hydrogens (tertiary/aromatic N) is 1. The summed E-state index contributed by atoms with van der Waals surface area (Å²) in [5.41, 5.74) is 5.45. The van der Waals surface area contributed by atoms with Gasteiger partial charge < -0.3 is 11.1 Å². The van der Waals surface area contributed by atoms with E-state index in [1.807, 2.05) is 12.1 Å². The lowest BCUT2D eigenvalue weighted by atomic mass is 9.97. The number of hydrogen-bond donors (Lipinski definition) is 2. The largest absolute Gasteiger partial charge is 0.355 e. The fraction of sp³-hybridized carbons (Fsp3) is 0.471. The van der Waals surface area contributed by atoms with Gasteiger partial charge in [0.05, 0.1) is 10.9 Å². The molecular weight excluding hydrogens is 330 g/mol. The van der Waals surface area contributed by atoms with Crippen molar-refractivity contribution < 1.29 is 4.79 Å². The lowest BCUT2D eigenvalue weighted by molar-refractivity contribution is -0.126. The Morgan fingerprint density at radius 1 is 1.43 bits per heavy atom. The van der Waals surface area contributed by atoms with Crippen molar-refractivity contribution >= 4 is 38.9 Å². The molecule has 0 aliphatic carbocycles. The Balaban J connectivity index is 1.67. The van der Waals surface area contributed by atoms with Gasteiger partial charge >= 0.3 is 0 Å². The normalized spacial score (nSPS) is 19.1. The Bertz CT molecular complexity index is 688. The first-order chi connectivity index (χ1) is 11.2. The number of carbonyl (C=O) groups excluding carboxylic acids is 1. The minimum absolute atomic E-state index is 0.0588. The van der Waals surface area contributed by atoms with Gasteiger partial charge in [0, 0.05) is 41.1 Å². The Morgan fingerprint density at radius 3 is 3.04 bits per heavy atom. The maximum Gasteiger partial charge on any atom is 0.224 e. The molecule has 1 amide bonds. The molecule has 1 aromatic carbocycles. The van der Waals surface area contributed by atoms with E-state index in [0.29, 0.717) is 13.1 Å². The Hall–Kier alpha value is -1.14. The van der Waals surface area contributed by atoms with Crippen molar-refractivity contribution in [2.24, 2.45) is 11.7 Å². The van der Waals surface area contributed by atoms with Crippen molar-refractivity contribution in [2.75, 3.05) is 26.2 Å². The average molecular weight is 352 g/mol. The molecule has 1 aromatic heterocycles. The molecule has 0 bridgehead atoms. The van der Waals surface area contributed by atoms with Crippen LogP contribution in [0.1, 0.15) is 17.7 Å². The van der Waals surface area contributed by atoms with Crippen LogP contribution in [0.2, 0.25) is 5.02 Å². The number of benzene rings is 1. The first-order valence-corrected chi connectivity index (χ1v) is 9.24. The molecule has 23 heavy (non-hydrogen) atoms. The first-order valence-electron chi connectivity index (χ1n) is 8.05. The number of amides is 1. The van der Waals surface area contributed by atoms with Crippen LogP contribution in [0.15, 0.2) is 24.3 Å². The van der Waals surface area contributed by atoms with Gasteiger partial charge in [-0.05, 0) is 25.5 Å². The monoisotopic (exact) mass is 351 g/mol. The van der Waals surface area contributed by atoms with Crippen LogP contribution in [0.5, 0.6) is 0 Å². The minimum atomic E-state index is 0.0588. The Kier molecular flexibility index (Phi) is 5.54. The summed E-state index contributed by atoms with van der Waals surface area (Å²) in [5, 5.41) is 4.89. The lowest BCUT2D eigenvalue weighted by Crippen LogP contribution is -2.43.